The van der Waals surface area contributed by atoms with E-state index in [-0.39, 0.29) is 0 Å². The van der Waals surface area contributed by atoms with Gasteiger partial charge in [0.25, 0.3) is 0 Å². The Hall–Kier alpha value is -1.53. The average Bonchev–Trinajstić information content (AvgIpc) is 2.38. The molecule has 1 aromatic rings. The standard InChI is InChI=1S/C15H20N2O/c1-12-4-3-7-17(10-12)11-13-5-6-15(18-2)14(8-13)9-16/h5-6,8,12H,3-4,7,10-11H2,1-2H3. The van der Waals surface area contributed by atoms with Crippen molar-refractivity contribution in [3.63, 3.8) is 0 Å². The molecule has 18 heavy (non-hydrogen) atoms. The summed E-state index contributed by atoms with van der Waals surface area (Å²) < 4.78 is 5.16. The topological polar surface area (TPSA) is 36.3 Å². The zero-order valence-corrected chi connectivity index (χ0v) is 11.1. The van der Waals surface area contributed by atoms with Crippen LogP contribution in [0.1, 0.15) is 30.9 Å². The Labute approximate surface area is 109 Å². The summed E-state index contributed by atoms with van der Waals surface area (Å²) in [6.07, 6.45) is 2.62. The Morgan fingerprint density at radius 3 is 3.00 bits per heavy atom. The fourth-order valence-electron chi connectivity index (χ4n) is 2.63. The van der Waals surface area contributed by atoms with Crippen molar-refractivity contribution in [1.82, 2.24) is 4.90 Å². The van der Waals surface area contributed by atoms with Crippen LogP contribution in [0.2, 0.25) is 0 Å². The van der Waals surface area contributed by atoms with Crippen LogP contribution in [-0.2, 0) is 6.54 Å². The third-order valence-corrected chi connectivity index (χ3v) is 3.53. The molecule has 1 saturated heterocycles. The summed E-state index contributed by atoms with van der Waals surface area (Å²) in [4.78, 5) is 2.47. The molecule has 1 heterocycles. The van der Waals surface area contributed by atoms with Gasteiger partial charge in [-0.15, -0.1) is 0 Å². The fraction of sp³-hybridized carbons (Fsp3) is 0.533. The van der Waals surface area contributed by atoms with Gasteiger partial charge >= 0.3 is 0 Å². The Kier molecular flexibility index (Phi) is 4.22. The van der Waals surface area contributed by atoms with Crippen molar-refractivity contribution >= 4 is 0 Å². The van der Waals surface area contributed by atoms with Gasteiger partial charge in [-0.1, -0.05) is 13.0 Å². The molecule has 1 fully saturated rings. The first-order chi connectivity index (χ1) is 8.72. The molecule has 0 N–H and O–H groups in total. The second kappa shape index (κ2) is 5.88. The predicted octanol–water partition coefficient (Wildman–Crippen LogP) is 2.80. The second-order valence-corrected chi connectivity index (χ2v) is 5.13. The lowest BCUT2D eigenvalue weighted by Gasteiger charge is -2.30. The lowest BCUT2D eigenvalue weighted by molar-refractivity contribution is 0.176. The van der Waals surface area contributed by atoms with Gasteiger partial charge in [-0.2, -0.15) is 5.26 Å². The molecule has 0 saturated carbocycles. The molecule has 96 valence electrons. The van der Waals surface area contributed by atoms with Crippen molar-refractivity contribution in [3.8, 4) is 11.8 Å². The van der Waals surface area contributed by atoms with Gasteiger partial charge < -0.3 is 4.74 Å². The van der Waals surface area contributed by atoms with E-state index in [0.29, 0.717) is 11.3 Å². The maximum Gasteiger partial charge on any atom is 0.136 e. The Morgan fingerprint density at radius 1 is 1.50 bits per heavy atom. The summed E-state index contributed by atoms with van der Waals surface area (Å²) in [7, 11) is 1.60. The number of hydrogen-bond donors (Lipinski definition) is 0. The fourth-order valence-corrected chi connectivity index (χ4v) is 2.63. The first-order valence-electron chi connectivity index (χ1n) is 6.52. The van der Waals surface area contributed by atoms with E-state index in [4.69, 9.17) is 10.00 Å². The molecule has 1 aliphatic heterocycles. The number of ether oxygens (including phenoxy) is 1. The molecule has 0 bridgehead atoms. The number of piperidine rings is 1. The number of nitriles is 1. The first kappa shape index (κ1) is 12.9. The van der Waals surface area contributed by atoms with Gasteiger partial charge in [-0.05, 0) is 43.0 Å². The second-order valence-electron chi connectivity index (χ2n) is 5.13. The summed E-state index contributed by atoms with van der Waals surface area (Å²) in [5.41, 5.74) is 1.82. The molecule has 2 rings (SSSR count). The van der Waals surface area contributed by atoms with Crippen LogP contribution in [0.15, 0.2) is 18.2 Å². The van der Waals surface area contributed by atoms with E-state index in [9.17, 15) is 0 Å². The molecule has 0 aromatic heterocycles. The SMILES string of the molecule is COc1ccc(CN2CCCC(C)C2)cc1C#N. The molecule has 0 amide bonds. The van der Waals surface area contributed by atoms with Crippen molar-refractivity contribution in [2.24, 2.45) is 5.92 Å². The first-order valence-corrected chi connectivity index (χ1v) is 6.52. The van der Waals surface area contributed by atoms with Gasteiger partial charge in [-0.25, -0.2) is 0 Å². The maximum absolute atomic E-state index is 9.08. The largest absolute Gasteiger partial charge is 0.495 e. The number of benzene rings is 1. The zero-order chi connectivity index (χ0) is 13.0. The van der Waals surface area contributed by atoms with Crippen molar-refractivity contribution in [2.75, 3.05) is 20.2 Å². The van der Waals surface area contributed by atoms with Gasteiger partial charge in [0, 0.05) is 13.1 Å². The lowest BCUT2D eigenvalue weighted by Crippen LogP contribution is -2.33. The summed E-state index contributed by atoms with van der Waals surface area (Å²) in [6, 6.07) is 8.08. The quantitative estimate of drug-likeness (QED) is 0.820. The smallest absolute Gasteiger partial charge is 0.136 e. The third-order valence-electron chi connectivity index (χ3n) is 3.53. The van der Waals surface area contributed by atoms with Crippen molar-refractivity contribution in [1.29, 1.82) is 5.26 Å². The van der Waals surface area contributed by atoms with Crippen LogP contribution in [0, 0.1) is 17.2 Å². The lowest BCUT2D eigenvalue weighted by atomic mass is 9.99. The van der Waals surface area contributed by atoms with Gasteiger partial charge in [0.1, 0.15) is 11.8 Å². The normalized spacial score (nSPS) is 20.4. The zero-order valence-electron chi connectivity index (χ0n) is 11.1. The highest BCUT2D eigenvalue weighted by Crippen LogP contribution is 2.22. The summed E-state index contributed by atoms with van der Waals surface area (Å²) in [6.45, 7) is 5.57. The van der Waals surface area contributed by atoms with Crippen LogP contribution in [-0.4, -0.2) is 25.1 Å². The maximum atomic E-state index is 9.08. The van der Waals surface area contributed by atoms with Crippen LogP contribution in [0.5, 0.6) is 5.75 Å². The molecule has 1 unspecified atom stereocenters. The predicted molar refractivity (Wildman–Crippen MR) is 71.4 cm³/mol. The Balaban J connectivity index is 2.07. The van der Waals surface area contributed by atoms with Crippen LogP contribution >= 0.6 is 0 Å². The van der Waals surface area contributed by atoms with E-state index < -0.39 is 0 Å². The highest BCUT2D eigenvalue weighted by molar-refractivity contribution is 5.45. The average molecular weight is 244 g/mol. The van der Waals surface area contributed by atoms with E-state index in [0.717, 1.165) is 25.6 Å². The highest BCUT2D eigenvalue weighted by Gasteiger charge is 2.16. The molecule has 1 atom stereocenters. The molecular weight excluding hydrogens is 224 g/mol. The number of nitrogens with zero attached hydrogens (tertiary/aromatic N) is 2. The molecule has 3 nitrogen and oxygen atoms in total. The van der Waals surface area contributed by atoms with Crippen LogP contribution in [0.3, 0.4) is 0 Å². The number of methoxy groups -OCH3 is 1. The van der Waals surface area contributed by atoms with Gasteiger partial charge in [0.15, 0.2) is 0 Å². The van der Waals surface area contributed by atoms with Crippen LogP contribution in [0.25, 0.3) is 0 Å². The number of rotatable bonds is 3. The molecule has 0 spiro atoms. The monoisotopic (exact) mass is 244 g/mol. The van der Waals surface area contributed by atoms with Crippen LogP contribution in [0.4, 0.5) is 0 Å². The van der Waals surface area contributed by atoms with E-state index >= 15 is 0 Å². The molecule has 1 aromatic carbocycles. The van der Waals surface area contributed by atoms with Crippen LogP contribution < -0.4 is 4.74 Å². The van der Waals surface area contributed by atoms with Gasteiger partial charge in [0.2, 0.25) is 0 Å². The highest BCUT2D eigenvalue weighted by atomic mass is 16.5. The molecule has 0 aliphatic carbocycles. The summed E-state index contributed by atoms with van der Waals surface area (Å²) >= 11 is 0. The van der Waals surface area contributed by atoms with E-state index in [1.165, 1.54) is 18.4 Å². The number of likely N-dealkylation sites (tertiary alicyclic amines) is 1. The Morgan fingerprint density at radius 2 is 2.33 bits per heavy atom. The Bertz CT molecular complexity index is 450. The third kappa shape index (κ3) is 3.02. The summed E-state index contributed by atoms with van der Waals surface area (Å²) in [5.74, 6) is 1.45. The molecule has 0 radical (unpaired) electrons. The van der Waals surface area contributed by atoms with Crippen molar-refractivity contribution < 1.29 is 4.74 Å². The van der Waals surface area contributed by atoms with E-state index in [1.54, 1.807) is 7.11 Å². The minimum atomic E-state index is 0.625. The molecule has 3 heteroatoms. The van der Waals surface area contributed by atoms with Gasteiger partial charge in [-0.3, -0.25) is 4.90 Å². The van der Waals surface area contributed by atoms with E-state index in [1.807, 2.05) is 12.1 Å². The minimum absolute atomic E-state index is 0.625. The molecular formula is C15H20N2O. The molecule has 1 aliphatic rings. The van der Waals surface area contributed by atoms with Gasteiger partial charge in [0.05, 0.1) is 12.7 Å². The van der Waals surface area contributed by atoms with E-state index in [2.05, 4.69) is 24.0 Å². The number of hydrogen-bond acceptors (Lipinski definition) is 3. The van der Waals surface area contributed by atoms with Crippen molar-refractivity contribution in [2.45, 2.75) is 26.3 Å². The minimum Gasteiger partial charge on any atom is -0.495 e. The summed E-state index contributed by atoms with van der Waals surface area (Å²) in [5, 5.41) is 9.08. The van der Waals surface area contributed by atoms with Crippen molar-refractivity contribution in [3.05, 3.63) is 29.3 Å².